The van der Waals surface area contributed by atoms with Crippen LogP contribution in [0.15, 0.2) is 24.3 Å². The number of halogens is 2. The lowest BCUT2D eigenvalue weighted by molar-refractivity contribution is -0.121. The van der Waals surface area contributed by atoms with Crippen molar-refractivity contribution in [2.24, 2.45) is 0 Å². The minimum Gasteiger partial charge on any atom is -0.355 e. The number of carbonyl (C=O) groups excluding carboxylic acids is 1. The normalized spacial score (nSPS) is 22.4. The molecule has 1 aromatic carbocycles. The van der Waals surface area contributed by atoms with Crippen LogP contribution in [0, 0.1) is 5.82 Å². The zero-order valence-electron chi connectivity index (χ0n) is 12.0. The van der Waals surface area contributed by atoms with Gasteiger partial charge in [-0.05, 0) is 49.9 Å². The van der Waals surface area contributed by atoms with E-state index < -0.39 is 0 Å². The summed E-state index contributed by atoms with van der Waals surface area (Å²) in [5.41, 5.74) is 1.19. The Morgan fingerprint density at radius 2 is 2.05 bits per heavy atom. The van der Waals surface area contributed by atoms with E-state index in [0.717, 1.165) is 37.8 Å². The summed E-state index contributed by atoms with van der Waals surface area (Å²) in [6.07, 6.45) is 4.97. The zero-order chi connectivity index (χ0) is 14.0. The van der Waals surface area contributed by atoms with Crippen molar-refractivity contribution in [2.75, 3.05) is 13.1 Å². The van der Waals surface area contributed by atoms with Crippen LogP contribution in [0.25, 0.3) is 0 Å². The van der Waals surface area contributed by atoms with E-state index in [-0.39, 0.29) is 29.5 Å². The van der Waals surface area contributed by atoms with Crippen LogP contribution < -0.4 is 10.6 Å². The van der Waals surface area contributed by atoms with Crippen molar-refractivity contribution in [3.8, 4) is 0 Å². The van der Waals surface area contributed by atoms with Gasteiger partial charge in [0, 0.05) is 24.4 Å². The highest BCUT2D eigenvalue weighted by atomic mass is 35.5. The van der Waals surface area contributed by atoms with E-state index in [4.69, 9.17) is 0 Å². The SMILES string of the molecule is Cl.O=C(CC1CCCN1)NCC1(c2ccc(F)cc2)CC1. The minimum atomic E-state index is -0.208. The largest absolute Gasteiger partial charge is 0.355 e. The van der Waals surface area contributed by atoms with Crippen LogP contribution in [0.1, 0.15) is 37.7 Å². The first-order chi connectivity index (χ1) is 9.68. The number of amides is 1. The number of hydrogen-bond acceptors (Lipinski definition) is 2. The summed E-state index contributed by atoms with van der Waals surface area (Å²) < 4.78 is 13.0. The Labute approximate surface area is 131 Å². The van der Waals surface area contributed by atoms with Gasteiger partial charge in [-0.1, -0.05) is 12.1 Å². The number of rotatable bonds is 5. The summed E-state index contributed by atoms with van der Waals surface area (Å²) in [7, 11) is 0. The zero-order valence-corrected chi connectivity index (χ0v) is 12.8. The molecule has 1 aromatic rings. The molecule has 1 atom stereocenters. The van der Waals surface area contributed by atoms with Gasteiger partial charge in [-0.15, -0.1) is 12.4 Å². The lowest BCUT2D eigenvalue weighted by Gasteiger charge is -2.17. The van der Waals surface area contributed by atoms with E-state index in [0.29, 0.717) is 19.0 Å². The molecule has 1 aliphatic carbocycles. The Bertz CT molecular complexity index is 482. The molecular formula is C16H22ClFN2O. The Kier molecular flexibility index (Phi) is 5.22. The van der Waals surface area contributed by atoms with Gasteiger partial charge in [-0.2, -0.15) is 0 Å². The standard InChI is InChI=1S/C16H21FN2O.ClH/c17-13-5-3-12(4-6-13)16(7-8-16)11-19-15(20)10-14-2-1-9-18-14;/h3-6,14,18H,1-2,7-11H2,(H,19,20);1H. The van der Waals surface area contributed by atoms with Gasteiger partial charge in [-0.3, -0.25) is 4.79 Å². The Morgan fingerprint density at radius 3 is 2.62 bits per heavy atom. The van der Waals surface area contributed by atoms with E-state index in [1.165, 1.54) is 12.1 Å². The number of carbonyl (C=O) groups is 1. The fourth-order valence-corrected chi connectivity index (χ4v) is 3.02. The molecule has 0 bridgehead atoms. The van der Waals surface area contributed by atoms with E-state index >= 15 is 0 Å². The van der Waals surface area contributed by atoms with Gasteiger partial charge in [0.1, 0.15) is 5.82 Å². The molecule has 3 rings (SSSR count). The third kappa shape index (κ3) is 3.95. The first kappa shape index (κ1) is 16.2. The third-order valence-corrected chi connectivity index (χ3v) is 4.53. The predicted molar refractivity (Wildman–Crippen MR) is 83.2 cm³/mol. The van der Waals surface area contributed by atoms with E-state index in [9.17, 15) is 9.18 Å². The van der Waals surface area contributed by atoms with Gasteiger partial charge >= 0.3 is 0 Å². The van der Waals surface area contributed by atoms with Crippen LogP contribution in [0.5, 0.6) is 0 Å². The quantitative estimate of drug-likeness (QED) is 0.877. The monoisotopic (exact) mass is 312 g/mol. The Hall–Kier alpha value is -1.13. The van der Waals surface area contributed by atoms with Crippen molar-refractivity contribution in [1.29, 1.82) is 0 Å². The molecule has 1 heterocycles. The molecule has 2 N–H and O–H groups in total. The summed E-state index contributed by atoms with van der Waals surface area (Å²) in [5.74, 6) is -0.0846. The summed E-state index contributed by atoms with van der Waals surface area (Å²) in [4.78, 5) is 11.9. The molecule has 21 heavy (non-hydrogen) atoms. The van der Waals surface area contributed by atoms with Crippen molar-refractivity contribution in [2.45, 2.75) is 43.6 Å². The topological polar surface area (TPSA) is 41.1 Å². The van der Waals surface area contributed by atoms with Gasteiger partial charge < -0.3 is 10.6 Å². The molecule has 1 saturated heterocycles. The van der Waals surface area contributed by atoms with Crippen molar-refractivity contribution < 1.29 is 9.18 Å². The summed E-state index contributed by atoms with van der Waals surface area (Å²) in [6.45, 7) is 1.70. The van der Waals surface area contributed by atoms with Crippen molar-refractivity contribution in [3.05, 3.63) is 35.6 Å². The molecule has 1 unspecified atom stereocenters. The fourth-order valence-electron chi connectivity index (χ4n) is 3.02. The fraction of sp³-hybridized carbons (Fsp3) is 0.562. The average molecular weight is 313 g/mol. The maximum absolute atomic E-state index is 13.0. The van der Waals surface area contributed by atoms with E-state index in [1.54, 1.807) is 0 Å². The lowest BCUT2D eigenvalue weighted by atomic mass is 9.96. The molecule has 2 fully saturated rings. The first-order valence-corrected chi connectivity index (χ1v) is 7.44. The minimum absolute atomic E-state index is 0. The molecule has 0 spiro atoms. The first-order valence-electron chi connectivity index (χ1n) is 7.44. The van der Waals surface area contributed by atoms with Crippen LogP contribution >= 0.6 is 12.4 Å². The highest BCUT2D eigenvalue weighted by molar-refractivity contribution is 5.85. The van der Waals surface area contributed by atoms with Crippen molar-refractivity contribution in [3.63, 3.8) is 0 Å². The second-order valence-corrected chi connectivity index (χ2v) is 6.06. The molecule has 1 saturated carbocycles. The lowest BCUT2D eigenvalue weighted by Crippen LogP contribution is -2.36. The summed E-state index contributed by atoms with van der Waals surface area (Å²) in [6, 6.07) is 7.02. The molecule has 0 aromatic heterocycles. The molecule has 5 heteroatoms. The van der Waals surface area contributed by atoms with Crippen LogP contribution in [0.3, 0.4) is 0 Å². The second-order valence-electron chi connectivity index (χ2n) is 6.06. The summed E-state index contributed by atoms with van der Waals surface area (Å²) >= 11 is 0. The van der Waals surface area contributed by atoms with Crippen LogP contribution in [0.2, 0.25) is 0 Å². The number of hydrogen-bond donors (Lipinski definition) is 2. The second kappa shape index (κ2) is 6.75. The highest BCUT2D eigenvalue weighted by Gasteiger charge is 2.44. The van der Waals surface area contributed by atoms with E-state index in [2.05, 4.69) is 10.6 Å². The smallest absolute Gasteiger partial charge is 0.221 e. The van der Waals surface area contributed by atoms with E-state index in [1.807, 2.05) is 12.1 Å². The van der Waals surface area contributed by atoms with Crippen molar-refractivity contribution in [1.82, 2.24) is 10.6 Å². The molecule has 1 amide bonds. The molecule has 3 nitrogen and oxygen atoms in total. The summed E-state index contributed by atoms with van der Waals surface area (Å²) in [5, 5.41) is 6.39. The van der Waals surface area contributed by atoms with Gasteiger partial charge in [-0.25, -0.2) is 4.39 Å². The van der Waals surface area contributed by atoms with Crippen LogP contribution in [-0.4, -0.2) is 25.0 Å². The number of nitrogens with one attached hydrogen (secondary N) is 2. The molecule has 116 valence electrons. The molecule has 2 aliphatic rings. The maximum Gasteiger partial charge on any atom is 0.221 e. The molecule has 1 aliphatic heterocycles. The third-order valence-electron chi connectivity index (χ3n) is 4.53. The van der Waals surface area contributed by atoms with Crippen LogP contribution in [0.4, 0.5) is 4.39 Å². The van der Waals surface area contributed by atoms with Crippen molar-refractivity contribution >= 4 is 18.3 Å². The Morgan fingerprint density at radius 1 is 1.33 bits per heavy atom. The Balaban J connectivity index is 0.00000161. The van der Waals surface area contributed by atoms with Gasteiger partial charge in [0.25, 0.3) is 0 Å². The van der Waals surface area contributed by atoms with Gasteiger partial charge in [0.2, 0.25) is 5.91 Å². The number of benzene rings is 1. The average Bonchev–Trinajstić information content (AvgIpc) is 3.07. The maximum atomic E-state index is 13.0. The van der Waals surface area contributed by atoms with Gasteiger partial charge in [0.15, 0.2) is 0 Å². The molecule has 0 radical (unpaired) electrons. The predicted octanol–water partition coefficient (Wildman–Crippen LogP) is 2.54. The molecular weight excluding hydrogens is 291 g/mol. The van der Waals surface area contributed by atoms with Gasteiger partial charge in [0.05, 0.1) is 0 Å². The highest BCUT2D eigenvalue weighted by Crippen LogP contribution is 2.47. The van der Waals surface area contributed by atoms with Crippen LogP contribution in [-0.2, 0) is 10.2 Å².